The summed E-state index contributed by atoms with van der Waals surface area (Å²) < 4.78 is 4.65. The Hall–Kier alpha value is -2.11. The lowest BCUT2D eigenvalue weighted by atomic mass is 10.1. The van der Waals surface area contributed by atoms with Crippen LogP contribution in [0.4, 0.5) is 0 Å². The number of benzene rings is 2. The summed E-state index contributed by atoms with van der Waals surface area (Å²) >= 11 is 3.42. The Kier molecular flexibility index (Phi) is 4.50. The Morgan fingerprint density at radius 2 is 1.83 bits per heavy atom. The molecule has 0 saturated carbocycles. The zero-order valence-electron chi connectivity index (χ0n) is 12.6. The van der Waals surface area contributed by atoms with Crippen LogP contribution in [0.15, 0.2) is 65.7 Å². The molecule has 1 heterocycles. The number of aliphatic hydroxyl groups excluding tert-OH is 1. The number of rotatable bonds is 5. The molecule has 0 aliphatic rings. The van der Waals surface area contributed by atoms with Crippen LogP contribution >= 0.6 is 15.9 Å². The van der Waals surface area contributed by atoms with Gasteiger partial charge < -0.3 is 14.2 Å². The maximum atomic E-state index is 10.6. The Balaban J connectivity index is 2.04. The van der Waals surface area contributed by atoms with Gasteiger partial charge in [-0.3, -0.25) is 5.41 Å². The molecule has 0 saturated heterocycles. The van der Waals surface area contributed by atoms with E-state index in [9.17, 15) is 5.11 Å². The molecule has 23 heavy (non-hydrogen) atoms. The first-order valence-electron chi connectivity index (χ1n) is 7.39. The van der Waals surface area contributed by atoms with Gasteiger partial charge in [-0.25, -0.2) is 0 Å². The van der Waals surface area contributed by atoms with Crippen LogP contribution in [0.2, 0.25) is 0 Å². The molecule has 0 spiro atoms. The van der Waals surface area contributed by atoms with Crippen LogP contribution in [0.5, 0.6) is 0 Å². The van der Waals surface area contributed by atoms with Gasteiger partial charge in [-0.1, -0.05) is 46.3 Å². The smallest absolute Gasteiger partial charge is 0.203 e. The number of fused-ring (bicyclic) bond motifs is 1. The first-order valence-corrected chi connectivity index (χ1v) is 8.18. The predicted octanol–water partition coefficient (Wildman–Crippen LogP) is 3.60. The van der Waals surface area contributed by atoms with Gasteiger partial charge in [0.25, 0.3) is 0 Å². The van der Waals surface area contributed by atoms with Crippen molar-refractivity contribution in [1.29, 1.82) is 5.41 Å². The molecule has 118 valence electrons. The van der Waals surface area contributed by atoms with Crippen molar-refractivity contribution >= 4 is 27.0 Å². The van der Waals surface area contributed by atoms with E-state index in [1.54, 1.807) is 6.08 Å². The van der Waals surface area contributed by atoms with E-state index < -0.39 is 6.10 Å². The van der Waals surface area contributed by atoms with E-state index in [0.29, 0.717) is 18.7 Å². The summed E-state index contributed by atoms with van der Waals surface area (Å²) in [6.07, 6.45) is 1.10. The number of imidazole rings is 1. The van der Waals surface area contributed by atoms with Gasteiger partial charge in [0, 0.05) is 11.0 Å². The first-order chi connectivity index (χ1) is 11.1. The third-order valence-electron chi connectivity index (χ3n) is 3.88. The van der Waals surface area contributed by atoms with Crippen molar-refractivity contribution in [3.63, 3.8) is 0 Å². The predicted molar refractivity (Wildman–Crippen MR) is 95.1 cm³/mol. The van der Waals surface area contributed by atoms with Gasteiger partial charge in [0.1, 0.15) is 0 Å². The Bertz CT molecular complexity index is 910. The second-order valence-corrected chi connectivity index (χ2v) is 6.31. The van der Waals surface area contributed by atoms with Crippen molar-refractivity contribution in [2.75, 3.05) is 0 Å². The molecule has 2 N–H and O–H groups in total. The summed E-state index contributed by atoms with van der Waals surface area (Å²) in [5.41, 5.74) is 3.10. The minimum atomic E-state index is -0.676. The van der Waals surface area contributed by atoms with Crippen molar-refractivity contribution in [3.8, 4) is 0 Å². The number of nitrogens with one attached hydrogen (secondary N) is 1. The third-order valence-corrected chi connectivity index (χ3v) is 4.37. The second kappa shape index (κ2) is 6.56. The van der Waals surface area contributed by atoms with Crippen LogP contribution in [-0.2, 0) is 13.1 Å². The summed E-state index contributed by atoms with van der Waals surface area (Å²) in [6, 6.07) is 15.5. The quantitative estimate of drug-likeness (QED) is 0.661. The lowest BCUT2D eigenvalue weighted by Gasteiger charge is -2.13. The molecule has 1 atom stereocenters. The molecule has 0 aliphatic heterocycles. The van der Waals surface area contributed by atoms with E-state index in [0.717, 1.165) is 21.1 Å². The highest BCUT2D eigenvalue weighted by Crippen LogP contribution is 2.21. The van der Waals surface area contributed by atoms with Crippen molar-refractivity contribution in [3.05, 3.63) is 76.8 Å². The van der Waals surface area contributed by atoms with Crippen molar-refractivity contribution in [1.82, 2.24) is 9.13 Å². The van der Waals surface area contributed by atoms with Crippen LogP contribution in [0.3, 0.4) is 0 Å². The maximum Gasteiger partial charge on any atom is 0.203 e. The summed E-state index contributed by atoms with van der Waals surface area (Å²) in [4.78, 5) is 0. The standard InChI is InChI=1S/C18H18BrN3O/c1-2-10-21-15-8-3-4-9-16(15)22(18(21)20)12-17(23)13-6-5-7-14(19)11-13/h2-9,11,17,20,23H,1,10,12H2/t17-/m1/s1. The van der Waals surface area contributed by atoms with Gasteiger partial charge in [0.2, 0.25) is 5.62 Å². The highest BCUT2D eigenvalue weighted by atomic mass is 79.9. The molecule has 0 radical (unpaired) electrons. The fourth-order valence-electron chi connectivity index (χ4n) is 2.79. The molecule has 0 unspecified atom stereocenters. The first kappa shape index (κ1) is 15.8. The number of halogens is 1. The van der Waals surface area contributed by atoms with Crippen molar-refractivity contribution in [2.45, 2.75) is 19.2 Å². The zero-order chi connectivity index (χ0) is 16.4. The topological polar surface area (TPSA) is 53.9 Å². The lowest BCUT2D eigenvalue weighted by molar-refractivity contribution is 0.155. The van der Waals surface area contributed by atoms with E-state index in [1.165, 1.54) is 0 Å². The minimum Gasteiger partial charge on any atom is -0.387 e. The van der Waals surface area contributed by atoms with Crippen LogP contribution in [0.25, 0.3) is 11.0 Å². The van der Waals surface area contributed by atoms with Crippen molar-refractivity contribution < 1.29 is 5.11 Å². The minimum absolute atomic E-state index is 0.333. The molecule has 2 aromatic carbocycles. The average Bonchev–Trinajstić information content (AvgIpc) is 2.81. The van der Waals surface area contributed by atoms with Gasteiger partial charge in [-0.15, -0.1) is 6.58 Å². The van der Waals surface area contributed by atoms with E-state index in [1.807, 2.05) is 57.7 Å². The van der Waals surface area contributed by atoms with E-state index in [4.69, 9.17) is 5.41 Å². The van der Waals surface area contributed by atoms with Crippen molar-refractivity contribution in [2.24, 2.45) is 0 Å². The molecule has 0 aliphatic carbocycles. The largest absolute Gasteiger partial charge is 0.387 e. The monoisotopic (exact) mass is 371 g/mol. The fourth-order valence-corrected chi connectivity index (χ4v) is 3.20. The number of hydrogen-bond donors (Lipinski definition) is 2. The zero-order valence-corrected chi connectivity index (χ0v) is 14.2. The van der Waals surface area contributed by atoms with Gasteiger partial charge >= 0.3 is 0 Å². The van der Waals surface area contributed by atoms with Crippen LogP contribution in [0.1, 0.15) is 11.7 Å². The lowest BCUT2D eigenvalue weighted by Crippen LogP contribution is -2.26. The number of para-hydroxylation sites is 2. The number of aromatic nitrogens is 2. The molecule has 3 aromatic rings. The van der Waals surface area contributed by atoms with E-state index in [2.05, 4.69) is 22.5 Å². The highest BCUT2D eigenvalue weighted by molar-refractivity contribution is 9.10. The Labute approximate surface area is 143 Å². The molecule has 0 amide bonds. The van der Waals surface area contributed by atoms with Gasteiger partial charge in [-0.05, 0) is 29.8 Å². The molecule has 3 rings (SSSR count). The van der Waals surface area contributed by atoms with Crippen LogP contribution in [0, 0.1) is 5.41 Å². The highest BCUT2D eigenvalue weighted by Gasteiger charge is 2.14. The average molecular weight is 372 g/mol. The maximum absolute atomic E-state index is 10.6. The molecule has 0 bridgehead atoms. The van der Waals surface area contributed by atoms with Gasteiger partial charge in [-0.2, -0.15) is 0 Å². The molecule has 0 fully saturated rings. The summed E-state index contributed by atoms with van der Waals surface area (Å²) in [6.45, 7) is 4.67. The number of hydrogen-bond acceptors (Lipinski definition) is 2. The molecule has 5 heteroatoms. The fraction of sp³-hybridized carbons (Fsp3) is 0.167. The van der Waals surface area contributed by atoms with Crippen LogP contribution in [-0.4, -0.2) is 14.2 Å². The number of aliphatic hydroxyl groups is 1. The van der Waals surface area contributed by atoms with Gasteiger partial charge in [0.15, 0.2) is 0 Å². The van der Waals surface area contributed by atoms with Crippen LogP contribution < -0.4 is 5.62 Å². The summed E-state index contributed by atoms with van der Waals surface area (Å²) in [5, 5.41) is 19.0. The molecular formula is C18H18BrN3O. The SMILES string of the molecule is C=CCn1c(=N)n(C[C@@H](O)c2cccc(Br)c2)c2ccccc21. The van der Waals surface area contributed by atoms with Gasteiger partial charge in [0.05, 0.1) is 23.7 Å². The van der Waals surface area contributed by atoms with E-state index in [-0.39, 0.29) is 0 Å². The third kappa shape index (κ3) is 3.02. The Morgan fingerprint density at radius 1 is 1.13 bits per heavy atom. The van der Waals surface area contributed by atoms with E-state index >= 15 is 0 Å². The summed E-state index contributed by atoms with van der Waals surface area (Å²) in [7, 11) is 0. The number of allylic oxidation sites excluding steroid dienone is 1. The summed E-state index contributed by atoms with van der Waals surface area (Å²) in [5.74, 6) is 0. The number of nitrogens with zero attached hydrogens (tertiary/aromatic N) is 2. The second-order valence-electron chi connectivity index (χ2n) is 5.39. The molecule has 1 aromatic heterocycles. The normalized spacial score (nSPS) is 12.4. The Morgan fingerprint density at radius 3 is 2.48 bits per heavy atom. The molecule has 4 nitrogen and oxygen atoms in total. The molecular weight excluding hydrogens is 354 g/mol.